The summed E-state index contributed by atoms with van der Waals surface area (Å²) in [5.74, 6) is 0.997. The average Bonchev–Trinajstić information content (AvgIpc) is 2.61. The molecule has 0 saturated carbocycles. The molecule has 4 nitrogen and oxygen atoms in total. The van der Waals surface area contributed by atoms with Crippen molar-refractivity contribution in [1.29, 1.82) is 0 Å². The molecule has 0 radical (unpaired) electrons. The molecule has 2 aromatic rings. The minimum atomic E-state index is 0.151. The van der Waals surface area contributed by atoms with Gasteiger partial charge < -0.3 is 5.73 Å². The van der Waals surface area contributed by atoms with Crippen LogP contribution >= 0.6 is 0 Å². The van der Waals surface area contributed by atoms with Gasteiger partial charge in [-0.05, 0) is 25.0 Å². The maximum absolute atomic E-state index is 5.80. The van der Waals surface area contributed by atoms with Gasteiger partial charge in [0.25, 0.3) is 0 Å². The van der Waals surface area contributed by atoms with Crippen LogP contribution in [0.3, 0.4) is 0 Å². The lowest BCUT2D eigenvalue weighted by Crippen LogP contribution is -2.18. The summed E-state index contributed by atoms with van der Waals surface area (Å²) in [6.07, 6.45) is 3.73. The van der Waals surface area contributed by atoms with Gasteiger partial charge in [0.05, 0.1) is 0 Å². The number of hydrogen-bond donors (Lipinski definition) is 1. The minimum Gasteiger partial charge on any atom is -0.328 e. The highest BCUT2D eigenvalue weighted by atomic mass is 15.2. The minimum absolute atomic E-state index is 0.151. The van der Waals surface area contributed by atoms with Crippen molar-refractivity contribution < 1.29 is 0 Å². The molecule has 80 valence electrons. The molecule has 1 atom stereocenters. The molecule has 2 heterocycles. The SMILES string of the molecule is CCc1nnc2c(CC(C)N)cccn12. The average molecular weight is 204 g/mol. The first kappa shape index (κ1) is 10.1. The van der Waals surface area contributed by atoms with Crippen molar-refractivity contribution in [2.45, 2.75) is 32.7 Å². The Labute approximate surface area is 89.1 Å². The Morgan fingerprint density at radius 1 is 1.47 bits per heavy atom. The van der Waals surface area contributed by atoms with Gasteiger partial charge in [0, 0.05) is 18.7 Å². The Morgan fingerprint density at radius 2 is 2.27 bits per heavy atom. The monoisotopic (exact) mass is 204 g/mol. The van der Waals surface area contributed by atoms with E-state index in [-0.39, 0.29) is 6.04 Å². The van der Waals surface area contributed by atoms with E-state index >= 15 is 0 Å². The van der Waals surface area contributed by atoms with E-state index in [1.165, 1.54) is 5.56 Å². The van der Waals surface area contributed by atoms with Crippen LogP contribution in [0.5, 0.6) is 0 Å². The number of aromatic nitrogens is 3. The summed E-state index contributed by atoms with van der Waals surface area (Å²) in [5.41, 5.74) is 7.90. The summed E-state index contributed by atoms with van der Waals surface area (Å²) in [7, 11) is 0. The largest absolute Gasteiger partial charge is 0.328 e. The Hall–Kier alpha value is -1.42. The molecule has 2 aromatic heterocycles. The number of hydrogen-bond acceptors (Lipinski definition) is 3. The van der Waals surface area contributed by atoms with Gasteiger partial charge >= 0.3 is 0 Å². The number of nitrogens with two attached hydrogens (primary N) is 1. The number of aryl methyl sites for hydroxylation is 1. The van der Waals surface area contributed by atoms with Crippen molar-refractivity contribution in [1.82, 2.24) is 14.6 Å². The predicted octanol–water partition coefficient (Wildman–Crippen LogP) is 1.18. The van der Waals surface area contributed by atoms with Crippen molar-refractivity contribution >= 4 is 5.65 Å². The molecule has 0 fully saturated rings. The number of rotatable bonds is 3. The second-order valence-electron chi connectivity index (χ2n) is 3.88. The van der Waals surface area contributed by atoms with E-state index < -0.39 is 0 Å². The lowest BCUT2D eigenvalue weighted by molar-refractivity contribution is 0.737. The number of pyridine rings is 1. The van der Waals surface area contributed by atoms with Gasteiger partial charge in [0.1, 0.15) is 5.82 Å². The van der Waals surface area contributed by atoms with Gasteiger partial charge in [0.15, 0.2) is 5.65 Å². The zero-order valence-electron chi connectivity index (χ0n) is 9.14. The van der Waals surface area contributed by atoms with Crippen LogP contribution in [0.4, 0.5) is 0 Å². The Balaban J connectivity index is 2.52. The third-order valence-electron chi connectivity index (χ3n) is 2.44. The molecule has 0 amide bonds. The van der Waals surface area contributed by atoms with E-state index in [1.54, 1.807) is 0 Å². The quantitative estimate of drug-likeness (QED) is 0.816. The first-order valence-corrected chi connectivity index (χ1v) is 5.29. The Bertz CT molecular complexity index is 459. The summed E-state index contributed by atoms with van der Waals surface area (Å²) < 4.78 is 2.04. The van der Waals surface area contributed by atoms with E-state index in [4.69, 9.17) is 5.73 Å². The van der Waals surface area contributed by atoms with Crippen LogP contribution in [0, 0.1) is 0 Å². The fourth-order valence-corrected chi connectivity index (χ4v) is 1.77. The summed E-state index contributed by atoms with van der Waals surface area (Å²) >= 11 is 0. The predicted molar refractivity (Wildman–Crippen MR) is 59.7 cm³/mol. The molecule has 0 spiro atoms. The van der Waals surface area contributed by atoms with Crippen molar-refractivity contribution in [3.05, 3.63) is 29.7 Å². The smallest absolute Gasteiger partial charge is 0.164 e. The Morgan fingerprint density at radius 3 is 2.93 bits per heavy atom. The van der Waals surface area contributed by atoms with E-state index in [2.05, 4.69) is 23.2 Å². The first-order valence-electron chi connectivity index (χ1n) is 5.29. The molecule has 0 saturated heterocycles. The van der Waals surface area contributed by atoms with Crippen molar-refractivity contribution in [2.24, 2.45) is 5.73 Å². The summed E-state index contributed by atoms with van der Waals surface area (Å²) in [6, 6.07) is 4.23. The zero-order chi connectivity index (χ0) is 10.8. The second-order valence-corrected chi connectivity index (χ2v) is 3.88. The molecule has 0 aliphatic rings. The van der Waals surface area contributed by atoms with Crippen LogP contribution in [0.1, 0.15) is 25.2 Å². The number of nitrogens with zero attached hydrogens (tertiary/aromatic N) is 3. The third kappa shape index (κ3) is 1.85. The highest BCUT2D eigenvalue weighted by molar-refractivity contribution is 5.47. The summed E-state index contributed by atoms with van der Waals surface area (Å²) in [4.78, 5) is 0. The Kier molecular flexibility index (Phi) is 2.68. The number of fused-ring (bicyclic) bond motifs is 1. The van der Waals surface area contributed by atoms with E-state index in [1.807, 2.05) is 23.6 Å². The molecular formula is C11H16N4. The fraction of sp³-hybridized carbons (Fsp3) is 0.455. The maximum atomic E-state index is 5.80. The summed E-state index contributed by atoms with van der Waals surface area (Å²) in [5, 5.41) is 8.35. The van der Waals surface area contributed by atoms with Crippen LogP contribution in [-0.4, -0.2) is 20.6 Å². The molecule has 0 aromatic carbocycles. The highest BCUT2D eigenvalue weighted by Crippen LogP contribution is 2.12. The van der Waals surface area contributed by atoms with Crippen molar-refractivity contribution in [3.63, 3.8) is 0 Å². The third-order valence-corrected chi connectivity index (χ3v) is 2.44. The first-order chi connectivity index (χ1) is 7.22. The lowest BCUT2D eigenvalue weighted by Gasteiger charge is -2.06. The van der Waals surface area contributed by atoms with Gasteiger partial charge in [-0.15, -0.1) is 10.2 Å². The van der Waals surface area contributed by atoms with Gasteiger partial charge in [-0.25, -0.2) is 0 Å². The molecule has 0 bridgehead atoms. The lowest BCUT2D eigenvalue weighted by atomic mass is 10.1. The standard InChI is InChI=1S/C11H16N4/c1-3-10-13-14-11-9(7-8(2)12)5-4-6-15(10)11/h4-6,8H,3,7,12H2,1-2H3. The molecule has 15 heavy (non-hydrogen) atoms. The van der Waals surface area contributed by atoms with E-state index in [0.717, 1.165) is 24.3 Å². The van der Waals surface area contributed by atoms with Crippen molar-refractivity contribution in [3.8, 4) is 0 Å². The topological polar surface area (TPSA) is 56.2 Å². The van der Waals surface area contributed by atoms with E-state index in [9.17, 15) is 0 Å². The van der Waals surface area contributed by atoms with Gasteiger partial charge in [0.2, 0.25) is 0 Å². The molecule has 0 aliphatic carbocycles. The maximum Gasteiger partial charge on any atom is 0.164 e. The normalized spacial score (nSPS) is 13.3. The zero-order valence-corrected chi connectivity index (χ0v) is 9.14. The molecule has 1 unspecified atom stereocenters. The van der Waals surface area contributed by atoms with Gasteiger partial charge in [-0.2, -0.15) is 0 Å². The van der Waals surface area contributed by atoms with Crippen LogP contribution < -0.4 is 5.73 Å². The second kappa shape index (κ2) is 3.98. The fourth-order valence-electron chi connectivity index (χ4n) is 1.77. The molecule has 2 rings (SSSR count). The van der Waals surface area contributed by atoms with Crippen LogP contribution in [0.25, 0.3) is 5.65 Å². The molecular weight excluding hydrogens is 188 g/mol. The van der Waals surface area contributed by atoms with Gasteiger partial charge in [-0.1, -0.05) is 13.0 Å². The van der Waals surface area contributed by atoms with Crippen LogP contribution in [0.15, 0.2) is 18.3 Å². The molecule has 0 aliphatic heterocycles. The van der Waals surface area contributed by atoms with Gasteiger partial charge in [-0.3, -0.25) is 4.40 Å². The highest BCUT2D eigenvalue weighted by Gasteiger charge is 2.08. The summed E-state index contributed by atoms with van der Waals surface area (Å²) in [6.45, 7) is 4.08. The van der Waals surface area contributed by atoms with Crippen molar-refractivity contribution in [2.75, 3.05) is 0 Å². The van der Waals surface area contributed by atoms with E-state index in [0.29, 0.717) is 0 Å². The van der Waals surface area contributed by atoms with Crippen LogP contribution in [-0.2, 0) is 12.8 Å². The molecule has 2 N–H and O–H groups in total. The van der Waals surface area contributed by atoms with Crippen LogP contribution in [0.2, 0.25) is 0 Å². The molecule has 4 heteroatoms.